The SMILES string of the molecule is FC(F)c1nc(Br)c2ccccn12. The van der Waals surface area contributed by atoms with E-state index in [-0.39, 0.29) is 5.82 Å². The molecule has 68 valence electrons. The summed E-state index contributed by atoms with van der Waals surface area (Å²) < 4.78 is 26.6. The van der Waals surface area contributed by atoms with E-state index in [1.807, 2.05) is 0 Å². The Morgan fingerprint density at radius 3 is 2.85 bits per heavy atom. The van der Waals surface area contributed by atoms with E-state index in [2.05, 4.69) is 20.9 Å². The summed E-state index contributed by atoms with van der Waals surface area (Å²) in [7, 11) is 0. The number of fused-ring (bicyclic) bond motifs is 1. The van der Waals surface area contributed by atoms with Gasteiger partial charge in [0, 0.05) is 6.20 Å². The van der Waals surface area contributed by atoms with Crippen LogP contribution < -0.4 is 0 Å². The minimum atomic E-state index is -2.55. The van der Waals surface area contributed by atoms with E-state index in [1.54, 1.807) is 24.4 Å². The number of aromatic nitrogens is 2. The second kappa shape index (κ2) is 3.06. The van der Waals surface area contributed by atoms with Crippen molar-refractivity contribution in [3.05, 3.63) is 34.8 Å². The van der Waals surface area contributed by atoms with Gasteiger partial charge in [0.15, 0.2) is 5.82 Å². The lowest BCUT2D eigenvalue weighted by atomic mass is 10.4. The van der Waals surface area contributed by atoms with E-state index < -0.39 is 6.43 Å². The van der Waals surface area contributed by atoms with Crippen LogP contribution in [0, 0.1) is 0 Å². The normalized spacial score (nSPS) is 11.4. The van der Waals surface area contributed by atoms with Crippen molar-refractivity contribution in [3.8, 4) is 0 Å². The van der Waals surface area contributed by atoms with Gasteiger partial charge in [-0.25, -0.2) is 13.8 Å². The number of hydrogen-bond acceptors (Lipinski definition) is 1. The van der Waals surface area contributed by atoms with Crippen molar-refractivity contribution in [1.82, 2.24) is 9.38 Å². The molecule has 0 spiro atoms. The third-order valence-corrected chi connectivity index (χ3v) is 2.31. The van der Waals surface area contributed by atoms with Gasteiger partial charge in [0.05, 0.1) is 5.52 Å². The van der Waals surface area contributed by atoms with Crippen molar-refractivity contribution >= 4 is 21.4 Å². The summed E-state index contributed by atoms with van der Waals surface area (Å²) in [5.74, 6) is -0.234. The summed E-state index contributed by atoms with van der Waals surface area (Å²) in [5, 5.41) is 0. The predicted molar refractivity (Wildman–Crippen MR) is 47.8 cm³/mol. The van der Waals surface area contributed by atoms with Crippen LogP contribution in [0.15, 0.2) is 29.0 Å². The van der Waals surface area contributed by atoms with Crippen LogP contribution in [0.1, 0.15) is 12.2 Å². The number of pyridine rings is 1. The zero-order valence-corrected chi connectivity index (χ0v) is 8.00. The van der Waals surface area contributed by atoms with Crippen molar-refractivity contribution in [2.75, 3.05) is 0 Å². The van der Waals surface area contributed by atoms with Gasteiger partial charge >= 0.3 is 0 Å². The molecule has 5 heteroatoms. The molecular weight excluding hydrogens is 242 g/mol. The lowest BCUT2D eigenvalue weighted by Crippen LogP contribution is -1.93. The first-order valence-electron chi connectivity index (χ1n) is 3.61. The summed E-state index contributed by atoms with van der Waals surface area (Å²) in [5.41, 5.74) is 0.651. The summed E-state index contributed by atoms with van der Waals surface area (Å²) in [6.07, 6.45) is -0.990. The Balaban J connectivity index is 2.78. The first kappa shape index (κ1) is 8.62. The molecule has 2 heterocycles. The van der Waals surface area contributed by atoms with Gasteiger partial charge in [0.1, 0.15) is 4.60 Å². The summed E-state index contributed by atoms with van der Waals surface area (Å²) >= 11 is 3.12. The highest BCUT2D eigenvalue weighted by atomic mass is 79.9. The second-order valence-corrected chi connectivity index (χ2v) is 3.27. The maximum absolute atomic E-state index is 12.4. The van der Waals surface area contributed by atoms with Gasteiger partial charge in [-0.05, 0) is 28.1 Å². The Hall–Kier alpha value is -0.970. The molecule has 0 aliphatic carbocycles. The molecule has 0 fully saturated rings. The zero-order valence-electron chi connectivity index (χ0n) is 6.42. The van der Waals surface area contributed by atoms with Crippen LogP contribution in [0.3, 0.4) is 0 Å². The number of imidazole rings is 1. The molecule has 0 aliphatic heterocycles. The molecular formula is C8H5BrF2N2. The maximum Gasteiger partial charge on any atom is 0.295 e. The van der Waals surface area contributed by atoms with Crippen molar-refractivity contribution in [2.45, 2.75) is 6.43 Å². The fourth-order valence-corrected chi connectivity index (χ4v) is 1.68. The van der Waals surface area contributed by atoms with E-state index in [0.29, 0.717) is 10.1 Å². The van der Waals surface area contributed by atoms with Crippen molar-refractivity contribution in [1.29, 1.82) is 0 Å². The monoisotopic (exact) mass is 246 g/mol. The molecule has 0 saturated heterocycles. The van der Waals surface area contributed by atoms with Gasteiger partial charge in [0.2, 0.25) is 0 Å². The Morgan fingerprint density at radius 1 is 1.38 bits per heavy atom. The number of halogens is 3. The molecule has 2 rings (SSSR count). The number of nitrogens with zero attached hydrogens (tertiary/aromatic N) is 2. The largest absolute Gasteiger partial charge is 0.298 e. The van der Waals surface area contributed by atoms with Gasteiger partial charge in [-0.1, -0.05) is 6.07 Å². The minimum Gasteiger partial charge on any atom is -0.298 e. The minimum absolute atomic E-state index is 0.234. The Kier molecular flexibility index (Phi) is 2.03. The third-order valence-electron chi connectivity index (χ3n) is 1.73. The first-order chi connectivity index (χ1) is 6.20. The summed E-state index contributed by atoms with van der Waals surface area (Å²) in [6, 6.07) is 5.19. The van der Waals surface area contributed by atoms with E-state index in [4.69, 9.17) is 0 Å². The maximum atomic E-state index is 12.4. The molecule has 0 unspecified atom stereocenters. The highest BCUT2D eigenvalue weighted by Gasteiger charge is 2.16. The lowest BCUT2D eigenvalue weighted by Gasteiger charge is -1.97. The van der Waals surface area contributed by atoms with Crippen molar-refractivity contribution < 1.29 is 8.78 Å². The smallest absolute Gasteiger partial charge is 0.295 e. The van der Waals surface area contributed by atoms with Gasteiger partial charge < -0.3 is 0 Å². The Bertz CT molecular complexity index is 439. The molecule has 13 heavy (non-hydrogen) atoms. The zero-order chi connectivity index (χ0) is 9.42. The third kappa shape index (κ3) is 1.33. The van der Waals surface area contributed by atoms with Crippen LogP contribution in [-0.2, 0) is 0 Å². The average molecular weight is 247 g/mol. The fraction of sp³-hybridized carbons (Fsp3) is 0.125. The predicted octanol–water partition coefficient (Wildman–Crippen LogP) is 3.03. The molecule has 0 aromatic carbocycles. The topological polar surface area (TPSA) is 17.3 Å². The quantitative estimate of drug-likeness (QED) is 0.757. The molecule has 2 aromatic heterocycles. The average Bonchev–Trinajstić information content (AvgIpc) is 2.45. The highest BCUT2D eigenvalue weighted by Crippen LogP contribution is 2.24. The van der Waals surface area contributed by atoms with Crippen LogP contribution in [-0.4, -0.2) is 9.38 Å². The fourth-order valence-electron chi connectivity index (χ4n) is 1.18. The molecule has 2 nitrogen and oxygen atoms in total. The van der Waals surface area contributed by atoms with Gasteiger partial charge in [-0.3, -0.25) is 4.40 Å². The summed E-state index contributed by atoms with van der Waals surface area (Å²) in [4.78, 5) is 3.72. The van der Waals surface area contributed by atoms with Gasteiger partial charge in [-0.2, -0.15) is 0 Å². The molecule has 0 radical (unpaired) electrons. The molecule has 0 atom stereocenters. The number of rotatable bonds is 1. The van der Waals surface area contributed by atoms with E-state index in [1.165, 1.54) is 4.40 Å². The first-order valence-corrected chi connectivity index (χ1v) is 4.40. The standard InChI is InChI=1S/C8H5BrF2N2/c9-6-5-3-1-2-4-13(5)8(12-6)7(10)11/h1-4,7H. The molecule has 0 aliphatic rings. The van der Waals surface area contributed by atoms with Gasteiger partial charge in [0.25, 0.3) is 6.43 Å². The van der Waals surface area contributed by atoms with Gasteiger partial charge in [-0.15, -0.1) is 0 Å². The van der Waals surface area contributed by atoms with E-state index in [9.17, 15) is 8.78 Å². The molecule has 0 amide bonds. The number of hydrogen-bond donors (Lipinski definition) is 0. The molecule has 0 N–H and O–H groups in total. The van der Waals surface area contributed by atoms with Crippen LogP contribution in [0.5, 0.6) is 0 Å². The van der Waals surface area contributed by atoms with Crippen LogP contribution >= 0.6 is 15.9 Å². The van der Waals surface area contributed by atoms with Crippen LogP contribution in [0.25, 0.3) is 5.52 Å². The number of alkyl halides is 2. The van der Waals surface area contributed by atoms with E-state index >= 15 is 0 Å². The van der Waals surface area contributed by atoms with Crippen molar-refractivity contribution in [3.63, 3.8) is 0 Å². The molecule has 2 aromatic rings. The van der Waals surface area contributed by atoms with Crippen molar-refractivity contribution in [2.24, 2.45) is 0 Å². The van der Waals surface area contributed by atoms with E-state index in [0.717, 1.165) is 0 Å². The van der Waals surface area contributed by atoms with Crippen LogP contribution in [0.2, 0.25) is 0 Å². The molecule has 0 bridgehead atoms. The Labute approximate surface area is 81.3 Å². The van der Waals surface area contributed by atoms with Crippen LogP contribution in [0.4, 0.5) is 8.78 Å². The Morgan fingerprint density at radius 2 is 2.15 bits per heavy atom. The molecule has 0 saturated carbocycles. The summed E-state index contributed by atoms with van der Waals surface area (Å²) in [6.45, 7) is 0. The second-order valence-electron chi connectivity index (χ2n) is 2.52. The lowest BCUT2D eigenvalue weighted by molar-refractivity contribution is 0.139. The highest BCUT2D eigenvalue weighted by molar-refractivity contribution is 9.10.